The van der Waals surface area contributed by atoms with Gasteiger partial charge in [-0.25, -0.2) is 0 Å². The normalized spacial score (nSPS) is 14.2. The molecule has 1 heteroatoms. The Morgan fingerprint density at radius 1 is 1.38 bits per heavy atom. The van der Waals surface area contributed by atoms with Gasteiger partial charge in [-0.05, 0) is 12.3 Å². The molecule has 1 nitrogen and oxygen atoms in total. The summed E-state index contributed by atoms with van der Waals surface area (Å²) in [6, 6.07) is 0. The highest BCUT2D eigenvalue weighted by Gasteiger charge is 2.03. The standard InChI is InChI=1S/C7H15N/c1-6(8)5-7(2,3)4/h5H,8H2,1-4H3/b6-5+. The van der Waals surface area contributed by atoms with Gasteiger partial charge in [0.2, 0.25) is 0 Å². The van der Waals surface area contributed by atoms with E-state index in [1.54, 1.807) is 0 Å². The molecule has 0 aromatic heterocycles. The van der Waals surface area contributed by atoms with E-state index in [2.05, 4.69) is 20.8 Å². The quantitative estimate of drug-likeness (QED) is 0.510. The van der Waals surface area contributed by atoms with Gasteiger partial charge in [0, 0.05) is 5.70 Å². The largest absolute Gasteiger partial charge is 0.403 e. The van der Waals surface area contributed by atoms with Crippen molar-refractivity contribution in [1.29, 1.82) is 0 Å². The van der Waals surface area contributed by atoms with Crippen molar-refractivity contribution in [2.45, 2.75) is 27.7 Å². The van der Waals surface area contributed by atoms with E-state index < -0.39 is 0 Å². The summed E-state index contributed by atoms with van der Waals surface area (Å²) >= 11 is 0. The Hall–Kier alpha value is -0.460. The monoisotopic (exact) mass is 113 g/mol. The molecule has 0 fully saturated rings. The molecule has 2 N–H and O–H groups in total. The molecule has 0 atom stereocenters. The minimum Gasteiger partial charge on any atom is -0.403 e. The highest BCUT2D eigenvalue weighted by Crippen LogP contribution is 2.15. The summed E-state index contributed by atoms with van der Waals surface area (Å²) in [5.74, 6) is 0. The first-order valence-corrected chi connectivity index (χ1v) is 2.87. The molecule has 0 saturated carbocycles. The number of allylic oxidation sites excluding steroid dienone is 2. The fraction of sp³-hybridized carbons (Fsp3) is 0.714. The predicted molar refractivity (Wildman–Crippen MR) is 37.4 cm³/mol. The second-order valence-electron chi connectivity index (χ2n) is 3.25. The number of rotatable bonds is 0. The van der Waals surface area contributed by atoms with E-state index in [0.717, 1.165) is 5.70 Å². The third-order valence-electron chi connectivity index (χ3n) is 0.661. The molecular weight excluding hydrogens is 98.1 g/mol. The van der Waals surface area contributed by atoms with Crippen LogP contribution < -0.4 is 5.73 Å². The average molecular weight is 113 g/mol. The Labute approximate surface area is 51.6 Å². The maximum absolute atomic E-state index is 5.44. The van der Waals surface area contributed by atoms with E-state index in [1.165, 1.54) is 0 Å². The van der Waals surface area contributed by atoms with Gasteiger partial charge < -0.3 is 5.73 Å². The summed E-state index contributed by atoms with van der Waals surface area (Å²) in [6.07, 6.45) is 2.05. The van der Waals surface area contributed by atoms with Crippen LogP contribution in [0.15, 0.2) is 11.8 Å². The third kappa shape index (κ3) is 5.54. The maximum Gasteiger partial charge on any atom is 0.00137 e. The zero-order valence-corrected chi connectivity index (χ0v) is 6.15. The van der Waals surface area contributed by atoms with Crippen LogP contribution in [-0.4, -0.2) is 0 Å². The van der Waals surface area contributed by atoms with Gasteiger partial charge in [0.25, 0.3) is 0 Å². The Balaban J connectivity index is 3.89. The van der Waals surface area contributed by atoms with Crippen molar-refractivity contribution in [3.8, 4) is 0 Å². The van der Waals surface area contributed by atoms with Gasteiger partial charge >= 0.3 is 0 Å². The molecule has 0 radical (unpaired) electrons. The van der Waals surface area contributed by atoms with E-state index in [1.807, 2.05) is 13.0 Å². The molecule has 0 aromatic carbocycles. The first-order valence-electron chi connectivity index (χ1n) is 2.87. The van der Waals surface area contributed by atoms with E-state index in [0.29, 0.717) is 0 Å². The van der Waals surface area contributed by atoms with Crippen molar-refractivity contribution >= 4 is 0 Å². The lowest BCUT2D eigenvalue weighted by Crippen LogP contribution is -2.03. The van der Waals surface area contributed by atoms with Crippen molar-refractivity contribution in [2.24, 2.45) is 11.1 Å². The fourth-order valence-corrected chi connectivity index (χ4v) is 0.683. The van der Waals surface area contributed by atoms with Crippen LogP contribution in [0.4, 0.5) is 0 Å². The lowest BCUT2D eigenvalue weighted by atomic mass is 9.96. The molecule has 48 valence electrons. The van der Waals surface area contributed by atoms with Crippen LogP contribution in [-0.2, 0) is 0 Å². The summed E-state index contributed by atoms with van der Waals surface area (Å²) in [5, 5.41) is 0. The zero-order valence-electron chi connectivity index (χ0n) is 6.15. The van der Waals surface area contributed by atoms with E-state index >= 15 is 0 Å². The van der Waals surface area contributed by atoms with Gasteiger partial charge in [-0.3, -0.25) is 0 Å². The first-order chi connectivity index (χ1) is 3.42. The molecule has 0 rings (SSSR count). The van der Waals surface area contributed by atoms with Gasteiger partial charge in [-0.15, -0.1) is 0 Å². The molecule has 0 aliphatic carbocycles. The summed E-state index contributed by atoms with van der Waals surface area (Å²) < 4.78 is 0. The Bertz CT molecular complexity index is 91.4. The van der Waals surface area contributed by atoms with Gasteiger partial charge in [0.05, 0.1) is 0 Å². The lowest BCUT2D eigenvalue weighted by molar-refractivity contribution is 0.539. The van der Waals surface area contributed by atoms with Crippen molar-refractivity contribution in [3.05, 3.63) is 11.8 Å². The number of nitrogens with two attached hydrogens (primary N) is 1. The Morgan fingerprint density at radius 3 is 1.75 bits per heavy atom. The summed E-state index contributed by atoms with van der Waals surface area (Å²) in [7, 11) is 0. The molecule has 0 aliphatic heterocycles. The van der Waals surface area contributed by atoms with Crippen LogP contribution in [0.5, 0.6) is 0 Å². The second-order valence-corrected chi connectivity index (χ2v) is 3.25. The number of hydrogen-bond acceptors (Lipinski definition) is 1. The van der Waals surface area contributed by atoms with Gasteiger partial charge in [0.15, 0.2) is 0 Å². The van der Waals surface area contributed by atoms with Crippen LogP contribution in [0.1, 0.15) is 27.7 Å². The predicted octanol–water partition coefficient (Wildman–Crippen LogP) is 1.90. The molecule has 0 unspecified atom stereocenters. The average Bonchev–Trinajstić information content (AvgIpc) is 1.21. The first kappa shape index (κ1) is 7.54. The third-order valence-corrected chi connectivity index (χ3v) is 0.661. The molecule has 0 aliphatic rings. The summed E-state index contributed by atoms with van der Waals surface area (Å²) in [6.45, 7) is 8.29. The van der Waals surface area contributed by atoms with Crippen LogP contribution in [0.3, 0.4) is 0 Å². The molecule has 0 spiro atoms. The summed E-state index contributed by atoms with van der Waals surface area (Å²) in [4.78, 5) is 0. The van der Waals surface area contributed by atoms with Crippen molar-refractivity contribution in [3.63, 3.8) is 0 Å². The molecule has 8 heavy (non-hydrogen) atoms. The van der Waals surface area contributed by atoms with E-state index in [9.17, 15) is 0 Å². The highest BCUT2D eigenvalue weighted by molar-refractivity contribution is 4.98. The van der Waals surface area contributed by atoms with Crippen molar-refractivity contribution in [1.82, 2.24) is 0 Å². The van der Waals surface area contributed by atoms with Crippen molar-refractivity contribution < 1.29 is 0 Å². The van der Waals surface area contributed by atoms with Gasteiger partial charge in [-0.2, -0.15) is 0 Å². The fourth-order valence-electron chi connectivity index (χ4n) is 0.683. The van der Waals surface area contributed by atoms with Gasteiger partial charge in [-0.1, -0.05) is 26.8 Å². The van der Waals surface area contributed by atoms with Crippen LogP contribution in [0.25, 0.3) is 0 Å². The molecule has 0 bridgehead atoms. The second kappa shape index (κ2) is 2.21. The van der Waals surface area contributed by atoms with E-state index in [4.69, 9.17) is 5.73 Å². The van der Waals surface area contributed by atoms with Crippen molar-refractivity contribution in [2.75, 3.05) is 0 Å². The zero-order chi connectivity index (χ0) is 6.78. The maximum atomic E-state index is 5.44. The molecule has 0 heterocycles. The minimum atomic E-state index is 0.235. The Kier molecular flexibility index (Phi) is 2.08. The van der Waals surface area contributed by atoms with Crippen LogP contribution in [0.2, 0.25) is 0 Å². The molecular formula is C7H15N. The highest BCUT2D eigenvalue weighted by atomic mass is 14.5. The lowest BCUT2D eigenvalue weighted by Gasteiger charge is -2.11. The number of hydrogen-bond donors (Lipinski definition) is 1. The topological polar surface area (TPSA) is 26.0 Å². The molecule has 0 aromatic rings. The Morgan fingerprint density at radius 2 is 1.75 bits per heavy atom. The molecule has 0 amide bonds. The summed E-state index contributed by atoms with van der Waals surface area (Å²) in [5.41, 5.74) is 6.58. The van der Waals surface area contributed by atoms with Gasteiger partial charge in [0.1, 0.15) is 0 Å². The smallest absolute Gasteiger partial charge is 0.00137 e. The SMILES string of the molecule is C/C(N)=C\C(C)(C)C. The van der Waals surface area contributed by atoms with E-state index in [-0.39, 0.29) is 5.41 Å². The molecule has 0 saturated heterocycles. The van der Waals surface area contributed by atoms with Crippen LogP contribution >= 0.6 is 0 Å². The van der Waals surface area contributed by atoms with Crippen LogP contribution in [0, 0.1) is 5.41 Å². The minimum absolute atomic E-state index is 0.235.